The summed E-state index contributed by atoms with van der Waals surface area (Å²) in [5.74, 6) is 0.130. The molecule has 0 aliphatic carbocycles. The number of nitrogens with zero attached hydrogens (tertiary/aromatic N) is 4. The van der Waals surface area contributed by atoms with Crippen molar-refractivity contribution in [2.45, 2.75) is 13.0 Å². The minimum absolute atomic E-state index is 0.0203. The zero-order valence-corrected chi connectivity index (χ0v) is 15.3. The van der Waals surface area contributed by atoms with Crippen molar-refractivity contribution in [3.63, 3.8) is 0 Å². The van der Waals surface area contributed by atoms with E-state index in [1.165, 1.54) is 12.1 Å². The normalized spacial score (nSPS) is 10.8. The second-order valence-electron chi connectivity index (χ2n) is 6.42. The Kier molecular flexibility index (Phi) is 4.98. The molecule has 0 bridgehead atoms. The third-order valence-electron chi connectivity index (χ3n) is 4.33. The quantitative estimate of drug-likeness (QED) is 0.284. The molecule has 4 rings (SSSR count). The van der Waals surface area contributed by atoms with Gasteiger partial charge in [0.1, 0.15) is 6.61 Å². The average Bonchev–Trinajstić information content (AvgIpc) is 3.16. The summed E-state index contributed by atoms with van der Waals surface area (Å²) in [6.45, 7) is 0.227. The number of carbonyl (C=O) groups is 1. The van der Waals surface area contributed by atoms with Gasteiger partial charge in [-0.05, 0) is 23.3 Å². The van der Waals surface area contributed by atoms with E-state index < -0.39 is 4.92 Å². The first-order chi connectivity index (χ1) is 14.1. The number of esters is 1. The lowest BCUT2D eigenvalue weighted by molar-refractivity contribution is -0.384. The van der Waals surface area contributed by atoms with Crippen molar-refractivity contribution in [1.29, 1.82) is 0 Å². The van der Waals surface area contributed by atoms with Crippen LogP contribution in [-0.2, 0) is 22.6 Å². The predicted octanol–water partition coefficient (Wildman–Crippen LogP) is 3.59. The Balaban J connectivity index is 1.46. The molecule has 8 heteroatoms. The summed E-state index contributed by atoms with van der Waals surface area (Å²) in [6.07, 6.45) is 5.23. The van der Waals surface area contributed by atoms with Crippen molar-refractivity contribution in [3.05, 3.63) is 94.4 Å². The van der Waals surface area contributed by atoms with Crippen molar-refractivity contribution in [2.24, 2.45) is 0 Å². The van der Waals surface area contributed by atoms with Crippen molar-refractivity contribution in [2.75, 3.05) is 0 Å². The minimum Gasteiger partial charge on any atom is -0.461 e. The highest BCUT2D eigenvalue weighted by molar-refractivity contribution is 5.72. The summed E-state index contributed by atoms with van der Waals surface area (Å²) < 4.78 is 7.02. The zero-order chi connectivity index (χ0) is 20.2. The molecule has 0 N–H and O–H groups in total. The highest BCUT2D eigenvalue weighted by Crippen LogP contribution is 2.22. The van der Waals surface area contributed by atoms with Crippen molar-refractivity contribution >= 4 is 17.4 Å². The lowest BCUT2D eigenvalue weighted by Gasteiger charge is -2.05. The van der Waals surface area contributed by atoms with Crippen LogP contribution in [-0.4, -0.2) is 25.3 Å². The largest absolute Gasteiger partial charge is 0.461 e. The number of benzene rings is 2. The van der Waals surface area contributed by atoms with Gasteiger partial charge in [-0.1, -0.05) is 30.3 Å². The highest BCUT2D eigenvalue weighted by atomic mass is 16.6. The number of nitro groups is 1. The number of carbonyl (C=O) groups excluding carboxylic acids is 1. The summed E-state index contributed by atoms with van der Waals surface area (Å²) in [6, 6.07) is 15.6. The monoisotopic (exact) mass is 388 g/mol. The molecular formula is C21H16N4O4. The Morgan fingerprint density at radius 1 is 1.03 bits per heavy atom. The van der Waals surface area contributed by atoms with Crippen molar-refractivity contribution in [1.82, 2.24) is 14.4 Å². The SMILES string of the molecule is O=C(Cc1cnc2nc(-c3ccc([N+](=O)[O-])cc3)cn2c1)OCc1ccccc1. The zero-order valence-electron chi connectivity index (χ0n) is 15.3. The van der Waals surface area contributed by atoms with E-state index in [9.17, 15) is 14.9 Å². The van der Waals surface area contributed by atoms with E-state index in [0.717, 1.165) is 11.1 Å². The molecule has 2 aromatic carbocycles. The maximum Gasteiger partial charge on any atom is 0.310 e. The third-order valence-corrected chi connectivity index (χ3v) is 4.33. The maximum absolute atomic E-state index is 12.1. The first-order valence-corrected chi connectivity index (χ1v) is 8.86. The molecular weight excluding hydrogens is 372 g/mol. The molecule has 0 aliphatic heterocycles. The Morgan fingerprint density at radius 2 is 1.79 bits per heavy atom. The number of imidazole rings is 1. The van der Waals surface area contributed by atoms with Gasteiger partial charge in [0.05, 0.1) is 17.0 Å². The van der Waals surface area contributed by atoms with E-state index in [1.54, 1.807) is 35.1 Å². The van der Waals surface area contributed by atoms with Crippen molar-refractivity contribution in [3.8, 4) is 11.3 Å². The van der Waals surface area contributed by atoms with Crippen LogP contribution in [0.25, 0.3) is 17.0 Å². The van der Waals surface area contributed by atoms with E-state index in [2.05, 4.69) is 9.97 Å². The van der Waals surface area contributed by atoms with Crippen LogP contribution in [0.4, 0.5) is 5.69 Å². The molecule has 0 atom stereocenters. The van der Waals surface area contributed by atoms with Crippen LogP contribution in [0, 0.1) is 10.1 Å². The van der Waals surface area contributed by atoms with E-state index in [-0.39, 0.29) is 24.7 Å². The molecule has 29 heavy (non-hydrogen) atoms. The third kappa shape index (κ3) is 4.27. The van der Waals surface area contributed by atoms with Crippen LogP contribution in [0.5, 0.6) is 0 Å². The lowest BCUT2D eigenvalue weighted by atomic mass is 10.1. The van der Waals surface area contributed by atoms with Crippen LogP contribution < -0.4 is 0 Å². The summed E-state index contributed by atoms with van der Waals surface area (Å²) in [5, 5.41) is 10.8. The lowest BCUT2D eigenvalue weighted by Crippen LogP contribution is -2.09. The topological polar surface area (TPSA) is 99.6 Å². The first kappa shape index (κ1) is 18.3. The van der Waals surface area contributed by atoms with Gasteiger partial charge in [-0.15, -0.1) is 0 Å². The van der Waals surface area contributed by atoms with Gasteiger partial charge in [-0.2, -0.15) is 0 Å². The molecule has 0 amide bonds. The number of hydrogen-bond acceptors (Lipinski definition) is 6. The fourth-order valence-electron chi connectivity index (χ4n) is 2.87. The van der Waals surface area contributed by atoms with Gasteiger partial charge in [0, 0.05) is 36.3 Å². The Hall–Kier alpha value is -4.07. The standard InChI is InChI=1S/C21H16N4O4/c26-20(29-14-15-4-2-1-3-5-15)10-16-11-22-21-23-19(13-24(21)12-16)17-6-8-18(9-7-17)25(27)28/h1-9,11-13H,10,14H2. The molecule has 2 heterocycles. The molecule has 0 aliphatic rings. The van der Waals surface area contributed by atoms with Crippen molar-refractivity contribution < 1.29 is 14.5 Å². The fraction of sp³-hybridized carbons (Fsp3) is 0.0952. The van der Waals surface area contributed by atoms with E-state index in [1.807, 2.05) is 30.3 Å². The number of nitro benzene ring substituents is 1. The van der Waals surface area contributed by atoms with E-state index in [0.29, 0.717) is 17.0 Å². The minimum atomic E-state index is -0.446. The molecule has 144 valence electrons. The number of non-ortho nitro benzene ring substituents is 1. The second-order valence-corrected chi connectivity index (χ2v) is 6.42. The van der Waals surface area contributed by atoms with Gasteiger partial charge in [0.2, 0.25) is 5.78 Å². The molecule has 0 saturated heterocycles. The summed E-state index contributed by atoms with van der Waals surface area (Å²) in [4.78, 5) is 31.1. The van der Waals surface area contributed by atoms with Gasteiger partial charge in [-0.3, -0.25) is 19.3 Å². The predicted molar refractivity (Wildman–Crippen MR) is 105 cm³/mol. The van der Waals surface area contributed by atoms with Gasteiger partial charge in [-0.25, -0.2) is 9.97 Å². The van der Waals surface area contributed by atoms with Gasteiger partial charge in [0.25, 0.3) is 5.69 Å². The van der Waals surface area contributed by atoms with Gasteiger partial charge in [0.15, 0.2) is 0 Å². The smallest absolute Gasteiger partial charge is 0.310 e. The van der Waals surface area contributed by atoms with E-state index >= 15 is 0 Å². The van der Waals surface area contributed by atoms with E-state index in [4.69, 9.17) is 4.74 Å². The summed E-state index contributed by atoms with van der Waals surface area (Å²) >= 11 is 0. The first-order valence-electron chi connectivity index (χ1n) is 8.86. The Morgan fingerprint density at radius 3 is 2.52 bits per heavy atom. The molecule has 0 radical (unpaired) electrons. The summed E-state index contributed by atoms with van der Waals surface area (Å²) in [7, 11) is 0. The molecule has 8 nitrogen and oxygen atoms in total. The van der Waals surface area contributed by atoms with Crippen LogP contribution in [0.15, 0.2) is 73.2 Å². The number of rotatable bonds is 6. The number of aromatic nitrogens is 3. The molecule has 4 aromatic rings. The second kappa shape index (κ2) is 7.89. The molecule has 0 fully saturated rings. The van der Waals surface area contributed by atoms with Crippen LogP contribution in [0.3, 0.4) is 0 Å². The Labute approximate surface area is 165 Å². The average molecular weight is 388 g/mol. The van der Waals surface area contributed by atoms with Gasteiger partial charge < -0.3 is 4.74 Å². The van der Waals surface area contributed by atoms with Crippen LogP contribution in [0.2, 0.25) is 0 Å². The molecule has 0 unspecified atom stereocenters. The van der Waals surface area contributed by atoms with Crippen LogP contribution in [0.1, 0.15) is 11.1 Å². The Bertz CT molecular complexity index is 1170. The number of hydrogen-bond donors (Lipinski definition) is 0. The number of ether oxygens (including phenoxy) is 1. The van der Waals surface area contributed by atoms with Crippen LogP contribution >= 0.6 is 0 Å². The fourth-order valence-corrected chi connectivity index (χ4v) is 2.87. The molecule has 2 aromatic heterocycles. The maximum atomic E-state index is 12.1. The molecule has 0 saturated carbocycles. The van der Waals surface area contributed by atoms with Gasteiger partial charge >= 0.3 is 5.97 Å². The summed E-state index contributed by atoms with van der Waals surface area (Å²) in [5.41, 5.74) is 3.02. The molecule has 0 spiro atoms. The number of fused-ring (bicyclic) bond motifs is 1. The highest BCUT2D eigenvalue weighted by Gasteiger charge is 2.11.